The highest BCUT2D eigenvalue weighted by molar-refractivity contribution is 5.84. The first-order valence-electron chi connectivity index (χ1n) is 6.17. The lowest BCUT2D eigenvalue weighted by atomic mass is 10.1. The van der Waals surface area contributed by atoms with Crippen LogP contribution in [0.1, 0.15) is 16.7 Å². The summed E-state index contributed by atoms with van der Waals surface area (Å²) >= 11 is 0. The van der Waals surface area contributed by atoms with Gasteiger partial charge < -0.3 is 0 Å². The van der Waals surface area contributed by atoms with Crippen molar-refractivity contribution in [2.24, 2.45) is 5.10 Å². The summed E-state index contributed by atoms with van der Waals surface area (Å²) in [5, 5.41) is 3.97. The Morgan fingerprint density at radius 3 is 2.53 bits per heavy atom. The van der Waals surface area contributed by atoms with Crippen molar-refractivity contribution < 1.29 is 4.79 Å². The topological polar surface area (TPSA) is 41.5 Å². The van der Waals surface area contributed by atoms with E-state index in [1.807, 2.05) is 61.5 Å². The van der Waals surface area contributed by atoms with Gasteiger partial charge in [0.15, 0.2) is 0 Å². The molecule has 1 amide bonds. The van der Waals surface area contributed by atoms with Gasteiger partial charge in [-0.25, -0.2) is 5.43 Å². The number of nitrogens with one attached hydrogen (secondary N) is 1. The Morgan fingerprint density at radius 2 is 1.79 bits per heavy atom. The van der Waals surface area contributed by atoms with Gasteiger partial charge in [0.25, 0.3) is 0 Å². The van der Waals surface area contributed by atoms with Gasteiger partial charge in [-0.2, -0.15) is 5.10 Å². The molecule has 96 valence electrons. The van der Waals surface area contributed by atoms with Crippen LogP contribution in [0.15, 0.2) is 59.7 Å². The van der Waals surface area contributed by atoms with Crippen LogP contribution in [0, 0.1) is 6.92 Å². The van der Waals surface area contributed by atoms with Gasteiger partial charge in [-0.05, 0) is 23.6 Å². The van der Waals surface area contributed by atoms with Gasteiger partial charge >= 0.3 is 0 Å². The molecular weight excluding hydrogens is 236 g/mol. The average Bonchev–Trinajstić information content (AvgIpc) is 2.42. The largest absolute Gasteiger partial charge is 0.273 e. The van der Waals surface area contributed by atoms with Crippen molar-refractivity contribution in [1.29, 1.82) is 0 Å². The van der Waals surface area contributed by atoms with Crippen LogP contribution in [-0.2, 0) is 11.2 Å². The number of nitrogens with zero attached hydrogens (tertiary/aromatic N) is 1. The number of hydrazone groups is 1. The predicted molar refractivity (Wildman–Crippen MR) is 77.1 cm³/mol. The van der Waals surface area contributed by atoms with Crippen LogP contribution < -0.4 is 5.43 Å². The molecule has 0 bridgehead atoms. The molecule has 19 heavy (non-hydrogen) atoms. The summed E-state index contributed by atoms with van der Waals surface area (Å²) in [5.41, 5.74) is 5.65. The first kappa shape index (κ1) is 13.0. The highest BCUT2D eigenvalue weighted by atomic mass is 16.2. The second-order valence-electron chi connectivity index (χ2n) is 4.31. The maximum Gasteiger partial charge on any atom is 0.244 e. The number of rotatable bonds is 4. The number of hydrogen-bond donors (Lipinski definition) is 1. The molecule has 2 rings (SSSR count). The smallest absolute Gasteiger partial charge is 0.244 e. The number of hydrogen-bond acceptors (Lipinski definition) is 2. The summed E-state index contributed by atoms with van der Waals surface area (Å²) < 4.78 is 0. The van der Waals surface area contributed by atoms with Gasteiger partial charge in [0.1, 0.15) is 0 Å². The Balaban J connectivity index is 1.89. The van der Waals surface area contributed by atoms with E-state index < -0.39 is 0 Å². The maximum absolute atomic E-state index is 11.7. The second-order valence-corrected chi connectivity index (χ2v) is 4.31. The van der Waals surface area contributed by atoms with Crippen LogP contribution >= 0.6 is 0 Å². The predicted octanol–water partition coefficient (Wildman–Crippen LogP) is 2.69. The molecular formula is C16H16N2O. The second kappa shape index (κ2) is 6.50. The van der Waals surface area contributed by atoms with E-state index in [9.17, 15) is 4.79 Å². The first-order chi connectivity index (χ1) is 9.25. The normalized spacial score (nSPS) is 10.6. The monoisotopic (exact) mass is 252 g/mol. The molecule has 0 unspecified atom stereocenters. The Labute approximate surface area is 113 Å². The van der Waals surface area contributed by atoms with Crippen molar-refractivity contribution in [3.05, 3.63) is 71.3 Å². The summed E-state index contributed by atoms with van der Waals surface area (Å²) in [7, 11) is 0. The highest BCUT2D eigenvalue weighted by Gasteiger charge is 2.00. The fourth-order valence-electron chi connectivity index (χ4n) is 1.73. The molecule has 0 radical (unpaired) electrons. The van der Waals surface area contributed by atoms with Crippen LogP contribution in [0.2, 0.25) is 0 Å². The van der Waals surface area contributed by atoms with Gasteiger partial charge in [0.05, 0.1) is 12.6 Å². The van der Waals surface area contributed by atoms with E-state index in [4.69, 9.17) is 0 Å². The zero-order valence-corrected chi connectivity index (χ0v) is 10.8. The number of amides is 1. The molecule has 1 N–H and O–H groups in total. The van der Waals surface area contributed by atoms with Crippen molar-refractivity contribution in [2.45, 2.75) is 13.3 Å². The molecule has 0 spiro atoms. The molecule has 0 saturated carbocycles. The fraction of sp³-hybridized carbons (Fsp3) is 0.125. The lowest BCUT2D eigenvalue weighted by molar-refractivity contribution is -0.120. The van der Waals surface area contributed by atoms with E-state index in [0.29, 0.717) is 6.42 Å². The summed E-state index contributed by atoms with van der Waals surface area (Å²) in [4.78, 5) is 11.7. The summed E-state index contributed by atoms with van der Waals surface area (Å²) in [6.07, 6.45) is 2.00. The Kier molecular flexibility index (Phi) is 4.45. The van der Waals surface area contributed by atoms with E-state index in [-0.39, 0.29) is 5.91 Å². The first-order valence-corrected chi connectivity index (χ1v) is 6.17. The number of carbonyl (C=O) groups is 1. The fourth-order valence-corrected chi connectivity index (χ4v) is 1.73. The Bertz CT molecular complexity index is 576. The van der Waals surface area contributed by atoms with Gasteiger partial charge in [-0.3, -0.25) is 4.79 Å². The van der Waals surface area contributed by atoms with E-state index in [2.05, 4.69) is 10.5 Å². The molecule has 0 atom stereocenters. The third-order valence-corrected chi connectivity index (χ3v) is 2.79. The van der Waals surface area contributed by atoms with Crippen LogP contribution in [0.4, 0.5) is 0 Å². The zero-order valence-electron chi connectivity index (χ0n) is 10.8. The standard InChI is InChI=1S/C16H16N2O/c1-13-7-5-6-10-15(13)12-17-18-16(19)11-14-8-3-2-4-9-14/h2-10,12H,11H2,1H3,(H,18,19)/b17-12+. The van der Waals surface area contributed by atoms with E-state index in [1.54, 1.807) is 6.21 Å². The van der Waals surface area contributed by atoms with Crippen LogP contribution in [0.25, 0.3) is 0 Å². The molecule has 3 heteroatoms. The van der Waals surface area contributed by atoms with Crippen LogP contribution in [-0.4, -0.2) is 12.1 Å². The quantitative estimate of drug-likeness (QED) is 0.659. The molecule has 0 aromatic heterocycles. The molecule has 2 aromatic carbocycles. The van der Waals surface area contributed by atoms with Gasteiger partial charge in [0.2, 0.25) is 5.91 Å². The molecule has 2 aromatic rings. The minimum atomic E-state index is -0.115. The van der Waals surface area contributed by atoms with Crippen molar-refractivity contribution in [3.63, 3.8) is 0 Å². The van der Waals surface area contributed by atoms with Gasteiger partial charge in [-0.15, -0.1) is 0 Å². The third kappa shape index (κ3) is 4.07. The SMILES string of the molecule is Cc1ccccc1/C=N/NC(=O)Cc1ccccc1. The van der Waals surface area contributed by atoms with Gasteiger partial charge in [-0.1, -0.05) is 54.6 Å². The van der Waals surface area contributed by atoms with Crippen LogP contribution in [0.5, 0.6) is 0 Å². The molecule has 0 aliphatic carbocycles. The Hall–Kier alpha value is -2.42. The summed E-state index contributed by atoms with van der Waals surface area (Å²) in [6, 6.07) is 17.5. The molecule has 0 aliphatic heterocycles. The molecule has 0 fully saturated rings. The summed E-state index contributed by atoms with van der Waals surface area (Å²) in [6.45, 7) is 2.01. The van der Waals surface area contributed by atoms with Crippen molar-refractivity contribution in [1.82, 2.24) is 5.43 Å². The lowest BCUT2D eigenvalue weighted by Gasteiger charge is -2.01. The molecule has 0 heterocycles. The Morgan fingerprint density at radius 1 is 1.11 bits per heavy atom. The molecule has 3 nitrogen and oxygen atoms in total. The number of aryl methyl sites for hydroxylation is 1. The van der Waals surface area contributed by atoms with Gasteiger partial charge in [0, 0.05) is 0 Å². The zero-order chi connectivity index (χ0) is 13.5. The van der Waals surface area contributed by atoms with Crippen molar-refractivity contribution in [2.75, 3.05) is 0 Å². The average molecular weight is 252 g/mol. The van der Waals surface area contributed by atoms with Crippen molar-refractivity contribution in [3.8, 4) is 0 Å². The van der Waals surface area contributed by atoms with E-state index in [0.717, 1.165) is 16.7 Å². The highest BCUT2D eigenvalue weighted by Crippen LogP contribution is 2.03. The maximum atomic E-state index is 11.7. The number of carbonyl (C=O) groups excluding carboxylic acids is 1. The van der Waals surface area contributed by atoms with E-state index >= 15 is 0 Å². The van der Waals surface area contributed by atoms with Crippen molar-refractivity contribution >= 4 is 12.1 Å². The summed E-state index contributed by atoms with van der Waals surface area (Å²) in [5.74, 6) is -0.115. The van der Waals surface area contributed by atoms with Crippen LogP contribution in [0.3, 0.4) is 0 Å². The minimum absolute atomic E-state index is 0.115. The van der Waals surface area contributed by atoms with E-state index in [1.165, 1.54) is 0 Å². The molecule has 0 saturated heterocycles. The molecule has 0 aliphatic rings. The lowest BCUT2D eigenvalue weighted by Crippen LogP contribution is -2.19. The minimum Gasteiger partial charge on any atom is -0.273 e. The number of benzene rings is 2. The third-order valence-electron chi connectivity index (χ3n) is 2.79.